The third-order valence-corrected chi connectivity index (χ3v) is 5.76. The summed E-state index contributed by atoms with van der Waals surface area (Å²) in [4.78, 5) is 26.7. The van der Waals surface area contributed by atoms with E-state index in [1.54, 1.807) is 6.07 Å². The molecule has 3 aliphatic heterocycles. The smallest absolute Gasteiger partial charge is 0.373 e. The van der Waals surface area contributed by atoms with Crippen molar-refractivity contribution in [1.82, 2.24) is 9.78 Å². The molecule has 5 rings (SSSR count). The van der Waals surface area contributed by atoms with Crippen LogP contribution in [0.1, 0.15) is 24.0 Å². The number of fused-ring (bicyclic) bond motifs is 5. The fraction of sp³-hybridized carbons (Fsp3) is 0.421. The Morgan fingerprint density at radius 1 is 1.11 bits per heavy atom. The van der Waals surface area contributed by atoms with Crippen LogP contribution in [0.2, 0.25) is 0 Å². The summed E-state index contributed by atoms with van der Waals surface area (Å²) in [5.74, 6) is -1.42. The molecule has 6 nitrogen and oxygen atoms in total. The molecule has 0 saturated carbocycles. The van der Waals surface area contributed by atoms with Gasteiger partial charge >= 0.3 is 6.18 Å². The predicted octanol–water partition coefficient (Wildman–Crippen LogP) is 2.62. The molecule has 4 heterocycles. The van der Waals surface area contributed by atoms with Crippen LogP contribution in [0.15, 0.2) is 36.7 Å². The lowest BCUT2D eigenvalue weighted by Crippen LogP contribution is -2.34. The van der Waals surface area contributed by atoms with E-state index in [2.05, 4.69) is 5.10 Å². The van der Waals surface area contributed by atoms with E-state index in [9.17, 15) is 22.8 Å². The van der Waals surface area contributed by atoms with Gasteiger partial charge in [-0.15, -0.1) is 0 Å². The van der Waals surface area contributed by atoms with Crippen molar-refractivity contribution < 1.29 is 27.5 Å². The second-order valence-electron chi connectivity index (χ2n) is 7.45. The van der Waals surface area contributed by atoms with E-state index in [1.807, 2.05) is 0 Å². The Kier molecular flexibility index (Phi) is 3.67. The monoisotopic (exact) mass is 391 g/mol. The van der Waals surface area contributed by atoms with Gasteiger partial charge in [0.15, 0.2) is 0 Å². The van der Waals surface area contributed by atoms with E-state index in [4.69, 9.17) is 4.74 Å². The molecule has 0 radical (unpaired) electrons. The average molecular weight is 391 g/mol. The molecule has 0 N–H and O–H groups in total. The topological polar surface area (TPSA) is 64.4 Å². The Morgan fingerprint density at radius 3 is 2.43 bits per heavy atom. The molecule has 0 aliphatic carbocycles. The number of hydrogen-bond acceptors (Lipinski definition) is 4. The molecule has 3 fully saturated rings. The largest absolute Gasteiger partial charge is 0.416 e. The van der Waals surface area contributed by atoms with Crippen LogP contribution in [0.25, 0.3) is 0 Å². The predicted molar refractivity (Wildman–Crippen MR) is 90.1 cm³/mol. The number of hydrogen-bond donors (Lipinski definition) is 0. The van der Waals surface area contributed by atoms with E-state index in [1.165, 1.54) is 23.1 Å². The third kappa shape index (κ3) is 2.56. The van der Waals surface area contributed by atoms with Crippen LogP contribution in [0.4, 0.5) is 18.9 Å². The molecule has 3 saturated heterocycles. The van der Waals surface area contributed by atoms with Gasteiger partial charge < -0.3 is 4.74 Å². The normalized spacial score (nSPS) is 29.0. The summed E-state index contributed by atoms with van der Waals surface area (Å²) in [6.45, 7) is 0.0986. The number of anilines is 1. The van der Waals surface area contributed by atoms with Gasteiger partial charge in [0.1, 0.15) is 0 Å². The van der Waals surface area contributed by atoms with Crippen molar-refractivity contribution in [2.75, 3.05) is 4.90 Å². The van der Waals surface area contributed by atoms with Crippen LogP contribution >= 0.6 is 0 Å². The molecule has 1 aromatic heterocycles. The van der Waals surface area contributed by atoms with E-state index in [-0.39, 0.29) is 30.6 Å². The van der Waals surface area contributed by atoms with E-state index < -0.39 is 23.6 Å². The van der Waals surface area contributed by atoms with Gasteiger partial charge in [-0.3, -0.25) is 14.3 Å². The van der Waals surface area contributed by atoms with Crippen LogP contribution in [0.3, 0.4) is 0 Å². The molecule has 1 aromatic carbocycles. The molecule has 2 amide bonds. The molecule has 4 atom stereocenters. The third-order valence-electron chi connectivity index (χ3n) is 5.76. The maximum Gasteiger partial charge on any atom is 0.416 e. The number of ether oxygens (including phenoxy) is 1. The molecule has 0 spiro atoms. The summed E-state index contributed by atoms with van der Waals surface area (Å²) >= 11 is 0. The van der Waals surface area contributed by atoms with Crippen molar-refractivity contribution in [1.29, 1.82) is 0 Å². The van der Waals surface area contributed by atoms with Crippen molar-refractivity contribution in [2.24, 2.45) is 11.8 Å². The number of imide groups is 1. The van der Waals surface area contributed by atoms with Crippen LogP contribution in [0, 0.1) is 11.8 Å². The number of amides is 2. The highest BCUT2D eigenvalue weighted by molar-refractivity contribution is 6.22. The van der Waals surface area contributed by atoms with Gasteiger partial charge in [-0.25, -0.2) is 4.90 Å². The first-order valence-corrected chi connectivity index (χ1v) is 9.05. The van der Waals surface area contributed by atoms with Crippen molar-refractivity contribution in [3.05, 3.63) is 47.8 Å². The maximum atomic E-state index is 12.9. The van der Waals surface area contributed by atoms with Crippen LogP contribution in [0.5, 0.6) is 0 Å². The number of carbonyl (C=O) groups is 2. The van der Waals surface area contributed by atoms with E-state index in [0.29, 0.717) is 11.3 Å². The van der Waals surface area contributed by atoms with Gasteiger partial charge in [-0.05, 0) is 30.5 Å². The highest BCUT2D eigenvalue weighted by atomic mass is 19.4. The number of rotatable bonds is 3. The molecule has 9 heteroatoms. The minimum absolute atomic E-state index is 0.0986. The minimum atomic E-state index is -4.42. The summed E-state index contributed by atoms with van der Waals surface area (Å²) in [6, 6.07) is 4.98. The first-order valence-electron chi connectivity index (χ1n) is 9.05. The lowest BCUT2D eigenvalue weighted by Gasteiger charge is -2.15. The standard InChI is InChI=1S/C19H16F3N3O3/c20-19(21,22)11-3-1-2-10(6-11)8-24-9-12(7-23-24)25-17(26)15-13-4-5-14(28-13)16(15)18(25)27/h1-3,6-7,9,13-16H,4-5,8H2/t13-,14+,15-,16-/m0/s1. The fourth-order valence-electron chi connectivity index (χ4n) is 4.55. The van der Waals surface area contributed by atoms with Crippen molar-refractivity contribution in [3.8, 4) is 0 Å². The first-order chi connectivity index (χ1) is 13.3. The summed E-state index contributed by atoms with van der Waals surface area (Å²) in [5.41, 5.74) is 0.0354. The highest BCUT2D eigenvalue weighted by Crippen LogP contribution is 2.49. The lowest BCUT2D eigenvalue weighted by atomic mass is 9.81. The number of alkyl halides is 3. The Hall–Kier alpha value is -2.68. The molecule has 2 bridgehead atoms. The Labute approximate surface area is 157 Å². The zero-order chi connectivity index (χ0) is 19.6. The van der Waals surface area contributed by atoms with Crippen LogP contribution in [-0.4, -0.2) is 33.8 Å². The maximum absolute atomic E-state index is 12.9. The minimum Gasteiger partial charge on any atom is -0.373 e. The number of halogens is 3. The van der Waals surface area contributed by atoms with E-state index in [0.717, 1.165) is 29.9 Å². The second-order valence-corrected chi connectivity index (χ2v) is 7.45. The Bertz CT molecular complexity index is 943. The molecule has 0 unspecified atom stereocenters. The zero-order valence-electron chi connectivity index (χ0n) is 14.6. The van der Waals surface area contributed by atoms with Gasteiger partial charge in [0, 0.05) is 6.20 Å². The molecule has 146 valence electrons. The number of carbonyl (C=O) groups excluding carboxylic acids is 2. The van der Waals surface area contributed by atoms with Gasteiger partial charge in [0.25, 0.3) is 0 Å². The Morgan fingerprint density at radius 2 is 1.79 bits per heavy atom. The average Bonchev–Trinajstić information content (AvgIpc) is 3.40. The molecule has 28 heavy (non-hydrogen) atoms. The SMILES string of the molecule is O=C1[C@@H]2[C@@H](C(=O)N1c1cnn(Cc3cccc(C(F)(F)F)c3)c1)[C@H]1CC[C@@H]2O1. The zero-order valence-corrected chi connectivity index (χ0v) is 14.6. The quantitative estimate of drug-likeness (QED) is 0.755. The molecular formula is C19H16F3N3O3. The lowest BCUT2D eigenvalue weighted by molar-refractivity contribution is -0.137. The fourth-order valence-corrected chi connectivity index (χ4v) is 4.55. The summed E-state index contributed by atoms with van der Waals surface area (Å²) in [7, 11) is 0. The van der Waals surface area contributed by atoms with Gasteiger partial charge in [0.05, 0.1) is 48.0 Å². The van der Waals surface area contributed by atoms with Gasteiger partial charge in [-0.1, -0.05) is 12.1 Å². The molecule has 2 aromatic rings. The summed E-state index contributed by atoms with van der Waals surface area (Å²) < 4.78 is 45.7. The number of nitrogens with zero attached hydrogens (tertiary/aromatic N) is 3. The van der Waals surface area contributed by atoms with Crippen molar-refractivity contribution in [3.63, 3.8) is 0 Å². The van der Waals surface area contributed by atoms with E-state index >= 15 is 0 Å². The van der Waals surface area contributed by atoms with Crippen molar-refractivity contribution >= 4 is 17.5 Å². The number of benzene rings is 1. The number of aromatic nitrogens is 2. The molecule has 3 aliphatic rings. The second kappa shape index (κ2) is 5.91. The summed E-state index contributed by atoms with van der Waals surface area (Å²) in [5, 5.41) is 4.12. The van der Waals surface area contributed by atoms with Gasteiger partial charge in [-0.2, -0.15) is 18.3 Å². The van der Waals surface area contributed by atoms with Gasteiger partial charge in [0.2, 0.25) is 11.8 Å². The first kappa shape index (κ1) is 17.4. The Balaban J connectivity index is 1.37. The van der Waals surface area contributed by atoms with Crippen LogP contribution in [-0.2, 0) is 27.0 Å². The van der Waals surface area contributed by atoms with Crippen molar-refractivity contribution in [2.45, 2.75) is 37.8 Å². The van der Waals surface area contributed by atoms with Crippen LogP contribution < -0.4 is 4.90 Å². The summed E-state index contributed by atoms with van der Waals surface area (Å²) in [6.07, 6.45) is -0.333. The molecular weight excluding hydrogens is 375 g/mol. The highest BCUT2D eigenvalue weighted by Gasteiger charge is 2.62.